The minimum atomic E-state index is -3.95. The van der Waals surface area contributed by atoms with Gasteiger partial charge in [-0.15, -0.1) is 0 Å². The molecule has 9 nitrogen and oxygen atoms in total. The normalized spacial score (nSPS) is 17.8. The molecule has 0 aromatic heterocycles. The molecule has 1 saturated carbocycles. The van der Waals surface area contributed by atoms with Crippen LogP contribution in [0.4, 0.5) is 4.79 Å². The summed E-state index contributed by atoms with van der Waals surface area (Å²) in [5.41, 5.74) is 0.805. The van der Waals surface area contributed by atoms with E-state index in [0.29, 0.717) is 32.8 Å². The summed E-state index contributed by atoms with van der Waals surface area (Å²) in [5, 5.41) is 0. The summed E-state index contributed by atoms with van der Waals surface area (Å²) in [5.74, 6) is 0.0242. The quantitative estimate of drug-likeness (QED) is 0.594. The zero-order valence-electron chi connectivity index (χ0n) is 19.8. The standard InChI is InChI=1S/C23H35N3O6S/c1-4-32-23(28)25-14-12-24(13-15-25)22(27)17-26(19-8-6-5-7-9-19)33(29,30)21-16-18(2)10-11-20(21)31-3/h10-11,16,19H,4-9,12-15,17H2,1-3H3. The van der Waals surface area contributed by atoms with Crippen LogP contribution in [-0.2, 0) is 19.6 Å². The predicted molar refractivity (Wildman–Crippen MR) is 124 cm³/mol. The van der Waals surface area contributed by atoms with Crippen molar-refractivity contribution in [2.75, 3.05) is 46.4 Å². The van der Waals surface area contributed by atoms with Crippen LogP contribution in [0.2, 0.25) is 0 Å². The molecule has 1 aliphatic heterocycles. The lowest BCUT2D eigenvalue weighted by molar-refractivity contribution is -0.133. The maximum Gasteiger partial charge on any atom is 0.409 e. The maximum absolute atomic E-state index is 13.8. The molecule has 0 atom stereocenters. The zero-order chi connectivity index (χ0) is 24.0. The van der Waals surface area contributed by atoms with E-state index in [4.69, 9.17) is 9.47 Å². The van der Waals surface area contributed by atoms with Crippen LogP contribution in [0, 0.1) is 6.92 Å². The Morgan fingerprint density at radius 2 is 1.70 bits per heavy atom. The van der Waals surface area contributed by atoms with Crippen LogP contribution in [0.15, 0.2) is 23.1 Å². The largest absolute Gasteiger partial charge is 0.495 e. The molecule has 1 heterocycles. The molecular formula is C23H35N3O6S. The van der Waals surface area contributed by atoms with Crippen LogP contribution >= 0.6 is 0 Å². The van der Waals surface area contributed by atoms with Crippen molar-refractivity contribution in [2.45, 2.75) is 56.9 Å². The van der Waals surface area contributed by atoms with Crippen molar-refractivity contribution in [3.8, 4) is 5.75 Å². The molecule has 1 aromatic rings. The number of benzene rings is 1. The third-order valence-corrected chi connectivity index (χ3v) is 8.26. The lowest BCUT2D eigenvalue weighted by Gasteiger charge is -2.37. The third-order valence-electron chi connectivity index (χ3n) is 6.34. The maximum atomic E-state index is 13.8. The van der Waals surface area contributed by atoms with Gasteiger partial charge in [0.15, 0.2) is 0 Å². The first-order valence-electron chi connectivity index (χ1n) is 11.6. The van der Waals surface area contributed by atoms with Crippen LogP contribution in [0.5, 0.6) is 5.75 Å². The second kappa shape index (κ2) is 11.2. The summed E-state index contributed by atoms with van der Waals surface area (Å²) in [6, 6.07) is 4.83. The van der Waals surface area contributed by atoms with Gasteiger partial charge in [-0.1, -0.05) is 25.3 Å². The van der Waals surface area contributed by atoms with Crippen LogP contribution in [0.3, 0.4) is 0 Å². The molecule has 184 valence electrons. The molecule has 0 N–H and O–H groups in total. The van der Waals surface area contributed by atoms with Gasteiger partial charge in [-0.05, 0) is 44.4 Å². The Hall–Kier alpha value is -2.33. The van der Waals surface area contributed by atoms with Crippen molar-refractivity contribution in [2.24, 2.45) is 0 Å². The smallest absolute Gasteiger partial charge is 0.409 e. The van der Waals surface area contributed by atoms with Crippen molar-refractivity contribution in [1.82, 2.24) is 14.1 Å². The van der Waals surface area contributed by atoms with E-state index in [1.165, 1.54) is 11.4 Å². The highest BCUT2D eigenvalue weighted by Crippen LogP contribution is 2.32. The minimum Gasteiger partial charge on any atom is -0.495 e. The van der Waals surface area contributed by atoms with Crippen molar-refractivity contribution < 1.29 is 27.5 Å². The van der Waals surface area contributed by atoms with Gasteiger partial charge in [0, 0.05) is 32.2 Å². The minimum absolute atomic E-state index is 0.0931. The number of piperazine rings is 1. The molecule has 10 heteroatoms. The topological polar surface area (TPSA) is 96.5 Å². The van der Waals surface area contributed by atoms with E-state index in [-0.39, 0.29) is 35.2 Å². The summed E-state index contributed by atoms with van der Waals surface area (Å²) in [7, 11) is -2.51. The highest BCUT2D eigenvalue weighted by atomic mass is 32.2. The number of sulfonamides is 1. The number of amides is 2. The van der Waals surface area contributed by atoms with E-state index in [1.54, 1.807) is 34.9 Å². The van der Waals surface area contributed by atoms with Gasteiger partial charge in [-0.25, -0.2) is 13.2 Å². The van der Waals surface area contributed by atoms with Crippen LogP contribution in [-0.4, -0.2) is 87.0 Å². The van der Waals surface area contributed by atoms with Gasteiger partial charge in [0.05, 0.1) is 20.3 Å². The van der Waals surface area contributed by atoms with E-state index in [1.807, 2.05) is 6.92 Å². The molecule has 1 aliphatic carbocycles. The first-order chi connectivity index (χ1) is 15.8. The van der Waals surface area contributed by atoms with Gasteiger partial charge in [-0.2, -0.15) is 4.31 Å². The Balaban J connectivity index is 1.80. The van der Waals surface area contributed by atoms with Crippen molar-refractivity contribution in [3.05, 3.63) is 23.8 Å². The molecular weight excluding hydrogens is 446 g/mol. The molecule has 3 rings (SSSR count). The third kappa shape index (κ3) is 5.97. The fourth-order valence-electron chi connectivity index (χ4n) is 4.48. The van der Waals surface area contributed by atoms with Crippen molar-refractivity contribution >= 4 is 22.0 Å². The van der Waals surface area contributed by atoms with Gasteiger partial charge >= 0.3 is 6.09 Å². The Kier molecular flexibility index (Phi) is 8.58. The lowest BCUT2D eigenvalue weighted by Crippen LogP contribution is -2.54. The Morgan fingerprint density at radius 3 is 2.30 bits per heavy atom. The van der Waals surface area contributed by atoms with Crippen molar-refractivity contribution in [1.29, 1.82) is 0 Å². The van der Waals surface area contributed by atoms with E-state index in [0.717, 1.165) is 37.7 Å². The highest BCUT2D eigenvalue weighted by Gasteiger charge is 2.37. The number of rotatable bonds is 7. The highest BCUT2D eigenvalue weighted by molar-refractivity contribution is 7.89. The number of carbonyl (C=O) groups is 2. The first-order valence-corrected chi connectivity index (χ1v) is 13.1. The Morgan fingerprint density at radius 1 is 1.06 bits per heavy atom. The van der Waals surface area contributed by atoms with E-state index >= 15 is 0 Å². The summed E-state index contributed by atoms with van der Waals surface area (Å²) in [6.07, 6.45) is 4.03. The fourth-order valence-corrected chi connectivity index (χ4v) is 6.35. The lowest BCUT2D eigenvalue weighted by atomic mass is 9.95. The average molecular weight is 482 g/mol. The SMILES string of the molecule is CCOC(=O)N1CCN(C(=O)CN(C2CCCCC2)S(=O)(=O)c2cc(C)ccc2OC)CC1. The second-order valence-corrected chi connectivity index (χ2v) is 10.4. The molecule has 0 radical (unpaired) electrons. The van der Waals surface area contributed by atoms with Crippen LogP contribution in [0.25, 0.3) is 0 Å². The van der Waals surface area contributed by atoms with E-state index < -0.39 is 10.0 Å². The summed E-state index contributed by atoms with van der Waals surface area (Å²) >= 11 is 0. The van der Waals surface area contributed by atoms with Crippen LogP contribution in [0.1, 0.15) is 44.6 Å². The van der Waals surface area contributed by atoms with Crippen molar-refractivity contribution in [3.63, 3.8) is 0 Å². The number of hydrogen-bond acceptors (Lipinski definition) is 6. The average Bonchev–Trinajstić information content (AvgIpc) is 2.83. The summed E-state index contributed by atoms with van der Waals surface area (Å²) in [6.45, 7) is 5.10. The second-order valence-electron chi connectivity index (χ2n) is 8.56. The Bertz CT molecular complexity index is 938. The number of ether oxygens (including phenoxy) is 2. The molecule has 1 saturated heterocycles. The number of methoxy groups -OCH3 is 1. The Labute approximate surface area is 196 Å². The van der Waals surface area contributed by atoms with Gasteiger partial charge in [-0.3, -0.25) is 4.79 Å². The molecule has 2 amide bonds. The predicted octanol–water partition coefficient (Wildman–Crippen LogP) is 2.63. The van der Waals surface area contributed by atoms with E-state index in [2.05, 4.69) is 0 Å². The van der Waals surface area contributed by atoms with Gasteiger partial charge in [0.25, 0.3) is 0 Å². The monoisotopic (exact) mass is 481 g/mol. The van der Waals surface area contributed by atoms with Crippen LogP contribution < -0.4 is 4.74 Å². The number of hydrogen-bond donors (Lipinski definition) is 0. The number of carbonyl (C=O) groups excluding carboxylic acids is 2. The van der Waals surface area contributed by atoms with Gasteiger partial charge in [0.2, 0.25) is 15.9 Å². The molecule has 0 spiro atoms. The number of nitrogens with zero attached hydrogens (tertiary/aromatic N) is 3. The molecule has 2 aliphatic rings. The zero-order valence-corrected chi connectivity index (χ0v) is 20.6. The van der Waals surface area contributed by atoms with Gasteiger partial charge in [0.1, 0.15) is 10.6 Å². The fraction of sp³-hybridized carbons (Fsp3) is 0.652. The van der Waals surface area contributed by atoms with Gasteiger partial charge < -0.3 is 19.3 Å². The first kappa shape index (κ1) is 25.3. The molecule has 33 heavy (non-hydrogen) atoms. The molecule has 0 bridgehead atoms. The van der Waals surface area contributed by atoms with E-state index in [9.17, 15) is 18.0 Å². The molecule has 2 fully saturated rings. The molecule has 0 unspecified atom stereocenters. The summed E-state index contributed by atoms with van der Waals surface area (Å²) < 4.78 is 39.4. The number of aryl methyl sites for hydroxylation is 1. The molecule has 1 aromatic carbocycles. The summed E-state index contributed by atoms with van der Waals surface area (Å²) in [4.78, 5) is 28.4.